The van der Waals surface area contributed by atoms with E-state index in [1.807, 2.05) is 0 Å². The highest BCUT2D eigenvalue weighted by Gasteiger charge is 2.14. The highest BCUT2D eigenvalue weighted by molar-refractivity contribution is 4.71. The number of hydrogen-bond acceptors (Lipinski definition) is 4. The number of likely N-dealkylation sites (tertiary alicyclic amines) is 1. The maximum absolute atomic E-state index is 9.59. The normalized spacial score (nSPS) is 20.8. The third-order valence-electron chi connectivity index (χ3n) is 2.37. The summed E-state index contributed by atoms with van der Waals surface area (Å²) in [7, 11) is 0. The largest absolute Gasteiger partial charge is 0.390 e. The quantitative estimate of drug-likeness (QED) is 0.466. The van der Waals surface area contributed by atoms with Crippen LogP contribution in [0.5, 0.6) is 0 Å². The van der Waals surface area contributed by atoms with Gasteiger partial charge in [-0.25, -0.2) is 0 Å². The number of hydrogen-bond donors (Lipinski definition) is 3. The van der Waals surface area contributed by atoms with Crippen molar-refractivity contribution in [1.29, 1.82) is 0 Å². The molecule has 0 amide bonds. The fourth-order valence-corrected chi connectivity index (χ4v) is 1.70. The Labute approximate surface area is 80.1 Å². The van der Waals surface area contributed by atoms with Crippen LogP contribution in [-0.2, 0) is 0 Å². The molecule has 0 aromatic carbocycles. The van der Waals surface area contributed by atoms with Crippen LogP contribution in [0.15, 0.2) is 0 Å². The topological polar surface area (TPSA) is 61.5 Å². The molecule has 1 aliphatic rings. The van der Waals surface area contributed by atoms with Crippen LogP contribution in [0.3, 0.4) is 0 Å². The maximum Gasteiger partial charge on any atom is 0.0791 e. The van der Waals surface area contributed by atoms with Gasteiger partial charge in [-0.3, -0.25) is 0 Å². The van der Waals surface area contributed by atoms with E-state index in [-0.39, 0.29) is 6.10 Å². The first-order valence-electron chi connectivity index (χ1n) is 5.14. The summed E-state index contributed by atoms with van der Waals surface area (Å²) in [6.07, 6.45) is 2.32. The summed E-state index contributed by atoms with van der Waals surface area (Å²) in [5, 5.41) is 12.7. The van der Waals surface area contributed by atoms with Gasteiger partial charge in [0.15, 0.2) is 0 Å². The molecule has 0 aromatic rings. The van der Waals surface area contributed by atoms with Crippen LogP contribution in [0.2, 0.25) is 0 Å². The van der Waals surface area contributed by atoms with Crippen LogP contribution >= 0.6 is 0 Å². The molecule has 0 spiro atoms. The van der Waals surface area contributed by atoms with Crippen molar-refractivity contribution in [2.45, 2.75) is 18.9 Å². The molecule has 13 heavy (non-hydrogen) atoms. The van der Waals surface area contributed by atoms with Crippen LogP contribution < -0.4 is 11.1 Å². The van der Waals surface area contributed by atoms with E-state index in [0.717, 1.165) is 26.2 Å². The van der Waals surface area contributed by atoms with E-state index in [4.69, 9.17) is 5.73 Å². The van der Waals surface area contributed by atoms with E-state index >= 15 is 0 Å². The lowest BCUT2D eigenvalue weighted by molar-refractivity contribution is 0.124. The van der Waals surface area contributed by atoms with Crippen LogP contribution in [0.4, 0.5) is 0 Å². The van der Waals surface area contributed by atoms with Gasteiger partial charge in [0.2, 0.25) is 0 Å². The summed E-state index contributed by atoms with van der Waals surface area (Å²) in [5.74, 6) is 0. The van der Waals surface area contributed by atoms with Crippen LogP contribution in [-0.4, -0.2) is 55.4 Å². The number of aliphatic hydroxyl groups excluding tert-OH is 1. The Morgan fingerprint density at radius 3 is 2.69 bits per heavy atom. The summed E-state index contributed by atoms with van der Waals surface area (Å²) in [4.78, 5) is 2.31. The molecule has 0 bridgehead atoms. The molecule has 1 saturated heterocycles. The summed E-state index contributed by atoms with van der Waals surface area (Å²) >= 11 is 0. The van der Waals surface area contributed by atoms with Gasteiger partial charge < -0.3 is 21.1 Å². The van der Waals surface area contributed by atoms with Gasteiger partial charge in [0.05, 0.1) is 6.10 Å². The number of rotatable bonds is 6. The zero-order valence-corrected chi connectivity index (χ0v) is 8.21. The lowest BCUT2D eigenvalue weighted by atomic mass is 10.3. The second kappa shape index (κ2) is 6.32. The predicted octanol–water partition coefficient (Wildman–Crippen LogP) is -1.01. The van der Waals surface area contributed by atoms with Gasteiger partial charge >= 0.3 is 0 Å². The molecule has 1 rings (SSSR count). The maximum atomic E-state index is 9.59. The Morgan fingerprint density at radius 2 is 2.08 bits per heavy atom. The highest BCUT2D eigenvalue weighted by atomic mass is 16.3. The van der Waals surface area contributed by atoms with Gasteiger partial charge in [-0.15, -0.1) is 0 Å². The van der Waals surface area contributed by atoms with Gasteiger partial charge in [-0.2, -0.15) is 0 Å². The molecule has 0 aliphatic carbocycles. The smallest absolute Gasteiger partial charge is 0.0791 e. The lowest BCUT2D eigenvalue weighted by Gasteiger charge is -2.19. The number of nitrogens with zero attached hydrogens (tertiary/aromatic N) is 1. The Kier molecular flexibility index (Phi) is 5.31. The summed E-state index contributed by atoms with van der Waals surface area (Å²) in [6.45, 7) is 5.18. The van der Waals surface area contributed by atoms with Crippen molar-refractivity contribution in [1.82, 2.24) is 10.2 Å². The molecular formula is C9H21N3O. The van der Waals surface area contributed by atoms with Crippen LogP contribution in [0.25, 0.3) is 0 Å². The van der Waals surface area contributed by atoms with Crippen molar-refractivity contribution in [2.75, 3.05) is 39.3 Å². The van der Waals surface area contributed by atoms with Crippen molar-refractivity contribution >= 4 is 0 Å². The van der Waals surface area contributed by atoms with E-state index in [0.29, 0.717) is 13.1 Å². The van der Waals surface area contributed by atoms with Crippen molar-refractivity contribution in [3.8, 4) is 0 Å². The van der Waals surface area contributed by atoms with E-state index in [1.54, 1.807) is 0 Å². The highest BCUT2D eigenvalue weighted by Crippen LogP contribution is 2.07. The summed E-state index contributed by atoms with van der Waals surface area (Å²) < 4.78 is 0. The molecule has 1 heterocycles. The molecule has 4 nitrogen and oxygen atoms in total. The minimum absolute atomic E-state index is 0.246. The molecular weight excluding hydrogens is 166 g/mol. The van der Waals surface area contributed by atoms with Gasteiger partial charge in [-0.1, -0.05) is 0 Å². The molecule has 0 aromatic heterocycles. The fourth-order valence-electron chi connectivity index (χ4n) is 1.70. The average molecular weight is 187 g/mol. The lowest BCUT2D eigenvalue weighted by Crippen LogP contribution is -2.38. The monoisotopic (exact) mass is 187 g/mol. The zero-order valence-electron chi connectivity index (χ0n) is 8.21. The summed E-state index contributed by atoms with van der Waals surface area (Å²) in [5.41, 5.74) is 5.32. The Bertz CT molecular complexity index is 126. The second-order valence-corrected chi connectivity index (χ2v) is 3.65. The average Bonchev–Trinajstić information content (AvgIpc) is 2.57. The van der Waals surface area contributed by atoms with E-state index in [2.05, 4.69) is 10.2 Å². The number of nitrogens with two attached hydrogens (primary N) is 1. The molecule has 78 valence electrons. The molecule has 1 unspecified atom stereocenters. The van der Waals surface area contributed by atoms with Crippen LogP contribution in [0, 0.1) is 0 Å². The molecule has 0 radical (unpaired) electrons. The molecule has 1 fully saturated rings. The first-order chi connectivity index (χ1) is 6.33. The number of nitrogens with one attached hydrogen (secondary N) is 1. The zero-order chi connectivity index (χ0) is 9.52. The Balaban J connectivity index is 1.99. The van der Waals surface area contributed by atoms with Crippen molar-refractivity contribution < 1.29 is 5.11 Å². The van der Waals surface area contributed by atoms with Crippen molar-refractivity contribution in [3.05, 3.63) is 0 Å². The van der Waals surface area contributed by atoms with Gasteiger partial charge in [0, 0.05) is 26.2 Å². The Hall–Kier alpha value is -0.160. The van der Waals surface area contributed by atoms with Gasteiger partial charge in [-0.05, 0) is 25.9 Å². The standard InChI is InChI=1S/C9H21N3O/c10-3-4-11-7-9(13)8-12-5-1-2-6-12/h9,11,13H,1-8,10H2. The first-order valence-corrected chi connectivity index (χ1v) is 5.14. The van der Waals surface area contributed by atoms with E-state index < -0.39 is 0 Å². The predicted molar refractivity (Wildman–Crippen MR) is 53.6 cm³/mol. The minimum atomic E-state index is -0.246. The van der Waals surface area contributed by atoms with Gasteiger partial charge in [0.1, 0.15) is 0 Å². The first kappa shape index (κ1) is 10.9. The second-order valence-electron chi connectivity index (χ2n) is 3.65. The van der Waals surface area contributed by atoms with E-state index in [9.17, 15) is 5.11 Å². The molecule has 4 N–H and O–H groups in total. The van der Waals surface area contributed by atoms with E-state index in [1.165, 1.54) is 12.8 Å². The summed E-state index contributed by atoms with van der Waals surface area (Å²) in [6, 6.07) is 0. The third-order valence-corrected chi connectivity index (χ3v) is 2.37. The minimum Gasteiger partial charge on any atom is -0.390 e. The van der Waals surface area contributed by atoms with Crippen LogP contribution in [0.1, 0.15) is 12.8 Å². The molecule has 1 aliphatic heterocycles. The third kappa shape index (κ3) is 4.57. The van der Waals surface area contributed by atoms with Crippen molar-refractivity contribution in [2.24, 2.45) is 5.73 Å². The van der Waals surface area contributed by atoms with Gasteiger partial charge in [0.25, 0.3) is 0 Å². The molecule has 1 atom stereocenters. The SMILES string of the molecule is NCCNCC(O)CN1CCCC1. The Morgan fingerprint density at radius 1 is 1.38 bits per heavy atom. The molecule has 4 heteroatoms. The number of aliphatic hydroxyl groups is 1. The van der Waals surface area contributed by atoms with Crippen molar-refractivity contribution in [3.63, 3.8) is 0 Å². The molecule has 0 saturated carbocycles. The number of β-amino-alcohol motifs (C(OH)–C–C–N with tert-alkyl or cyclic N) is 1. The fraction of sp³-hybridized carbons (Fsp3) is 1.00.